The second-order valence-corrected chi connectivity index (χ2v) is 4.87. The van der Waals surface area contributed by atoms with Crippen molar-refractivity contribution in [3.8, 4) is 12.3 Å². The minimum atomic E-state index is 0.171. The van der Waals surface area contributed by atoms with E-state index >= 15 is 0 Å². The van der Waals surface area contributed by atoms with Crippen LogP contribution in [0.1, 0.15) is 52.9 Å². The predicted octanol–water partition coefficient (Wildman–Crippen LogP) is 3.86. The summed E-state index contributed by atoms with van der Waals surface area (Å²) in [6.07, 6.45) is 12.2. The van der Waals surface area contributed by atoms with E-state index in [1.807, 2.05) is 0 Å². The number of rotatable bonds is 1. The zero-order chi connectivity index (χ0) is 9.90. The van der Waals surface area contributed by atoms with E-state index in [0.29, 0.717) is 5.92 Å². The van der Waals surface area contributed by atoms with Crippen molar-refractivity contribution in [2.24, 2.45) is 17.3 Å². The molecule has 3 unspecified atom stereocenters. The highest BCUT2D eigenvalue weighted by molar-refractivity contribution is 5.06. The molecule has 0 bridgehead atoms. The second kappa shape index (κ2) is 4.18. The smallest absolute Gasteiger partial charge is 0.0309 e. The molecule has 0 amide bonds. The quantitative estimate of drug-likeness (QED) is 0.422. The fourth-order valence-corrected chi connectivity index (χ4v) is 2.47. The Labute approximate surface area is 83.1 Å². The van der Waals surface area contributed by atoms with Crippen LogP contribution in [-0.4, -0.2) is 0 Å². The Morgan fingerprint density at radius 1 is 1.54 bits per heavy atom. The molecule has 1 rings (SSSR count). The van der Waals surface area contributed by atoms with Crippen LogP contribution in [0.5, 0.6) is 0 Å². The van der Waals surface area contributed by atoms with Gasteiger partial charge < -0.3 is 0 Å². The van der Waals surface area contributed by atoms with Gasteiger partial charge >= 0.3 is 0 Å². The average Bonchev–Trinajstić information content (AvgIpc) is 2.28. The Bertz CT molecular complexity index is 199. The van der Waals surface area contributed by atoms with Crippen LogP contribution < -0.4 is 0 Å². The van der Waals surface area contributed by atoms with Gasteiger partial charge in [-0.15, -0.1) is 6.42 Å². The lowest BCUT2D eigenvalue weighted by atomic mass is 9.74. The van der Waals surface area contributed by atoms with Crippen LogP contribution >= 0.6 is 0 Å². The molecule has 0 nitrogen and oxygen atoms in total. The van der Waals surface area contributed by atoms with Crippen LogP contribution in [0.4, 0.5) is 0 Å². The zero-order valence-corrected chi connectivity index (χ0v) is 9.27. The Morgan fingerprint density at radius 3 is 2.77 bits per heavy atom. The highest BCUT2D eigenvalue weighted by Gasteiger charge is 2.32. The SMILES string of the molecule is C#CC1(C)CCCC(CC)CC1C. The van der Waals surface area contributed by atoms with Crippen molar-refractivity contribution in [2.45, 2.75) is 52.9 Å². The molecule has 1 saturated carbocycles. The third kappa shape index (κ3) is 2.27. The van der Waals surface area contributed by atoms with Crippen molar-refractivity contribution in [2.75, 3.05) is 0 Å². The average molecular weight is 178 g/mol. The molecule has 0 aromatic carbocycles. The van der Waals surface area contributed by atoms with E-state index in [1.165, 1.54) is 32.1 Å². The van der Waals surface area contributed by atoms with Crippen LogP contribution in [0.2, 0.25) is 0 Å². The Balaban J connectivity index is 2.68. The first-order valence-corrected chi connectivity index (χ1v) is 5.60. The fourth-order valence-electron chi connectivity index (χ4n) is 2.47. The number of terminal acetylenes is 1. The van der Waals surface area contributed by atoms with Gasteiger partial charge in [-0.25, -0.2) is 0 Å². The number of hydrogen-bond donors (Lipinski definition) is 0. The number of hydrogen-bond acceptors (Lipinski definition) is 0. The first kappa shape index (κ1) is 10.6. The Kier molecular flexibility index (Phi) is 3.42. The van der Waals surface area contributed by atoms with E-state index in [-0.39, 0.29) is 5.41 Å². The van der Waals surface area contributed by atoms with E-state index in [4.69, 9.17) is 6.42 Å². The summed E-state index contributed by atoms with van der Waals surface area (Å²) in [6.45, 7) is 6.89. The first-order valence-electron chi connectivity index (χ1n) is 5.60. The monoisotopic (exact) mass is 178 g/mol. The molecule has 3 atom stereocenters. The van der Waals surface area contributed by atoms with Crippen molar-refractivity contribution in [3.05, 3.63) is 0 Å². The highest BCUT2D eigenvalue weighted by Crippen LogP contribution is 2.41. The van der Waals surface area contributed by atoms with E-state index in [9.17, 15) is 0 Å². The highest BCUT2D eigenvalue weighted by atomic mass is 14.4. The predicted molar refractivity (Wildman–Crippen MR) is 58.4 cm³/mol. The fraction of sp³-hybridized carbons (Fsp3) is 0.846. The molecule has 1 fully saturated rings. The van der Waals surface area contributed by atoms with Crippen molar-refractivity contribution < 1.29 is 0 Å². The lowest BCUT2D eigenvalue weighted by Gasteiger charge is -2.29. The third-order valence-corrected chi connectivity index (χ3v) is 3.99. The molecular weight excluding hydrogens is 156 g/mol. The molecule has 0 N–H and O–H groups in total. The standard InChI is InChI=1S/C13H22/c1-5-12-8-7-9-13(4,6-2)11(3)10-12/h2,11-12H,5,7-10H2,1,3-4H3. The van der Waals surface area contributed by atoms with Crippen LogP contribution in [0.3, 0.4) is 0 Å². The maximum Gasteiger partial charge on any atom is 0.0309 e. The molecule has 0 aromatic rings. The molecule has 0 heteroatoms. The summed E-state index contributed by atoms with van der Waals surface area (Å²) in [7, 11) is 0. The Morgan fingerprint density at radius 2 is 2.23 bits per heavy atom. The van der Waals surface area contributed by atoms with Crippen LogP contribution in [0.15, 0.2) is 0 Å². The van der Waals surface area contributed by atoms with E-state index < -0.39 is 0 Å². The van der Waals surface area contributed by atoms with Gasteiger partial charge in [-0.05, 0) is 31.6 Å². The van der Waals surface area contributed by atoms with Gasteiger partial charge in [0.05, 0.1) is 0 Å². The normalized spacial score (nSPS) is 40.8. The lowest BCUT2D eigenvalue weighted by molar-refractivity contribution is 0.254. The van der Waals surface area contributed by atoms with Gasteiger partial charge in [0.1, 0.15) is 0 Å². The molecule has 0 radical (unpaired) electrons. The van der Waals surface area contributed by atoms with Gasteiger partial charge in [0.2, 0.25) is 0 Å². The van der Waals surface area contributed by atoms with Crippen molar-refractivity contribution >= 4 is 0 Å². The van der Waals surface area contributed by atoms with Gasteiger partial charge in [-0.1, -0.05) is 39.0 Å². The third-order valence-electron chi connectivity index (χ3n) is 3.99. The summed E-state index contributed by atoms with van der Waals surface area (Å²) < 4.78 is 0. The van der Waals surface area contributed by atoms with E-state index in [1.54, 1.807) is 0 Å². The summed E-state index contributed by atoms with van der Waals surface area (Å²) in [4.78, 5) is 0. The second-order valence-electron chi connectivity index (χ2n) is 4.87. The molecule has 1 aliphatic carbocycles. The van der Waals surface area contributed by atoms with Gasteiger partial charge in [0.25, 0.3) is 0 Å². The van der Waals surface area contributed by atoms with Gasteiger partial charge in [0, 0.05) is 5.41 Å². The molecule has 1 aliphatic rings. The molecule has 0 heterocycles. The van der Waals surface area contributed by atoms with Crippen LogP contribution in [-0.2, 0) is 0 Å². The maximum atomic E-state index is 5.63. The molecule has 0 spiro atoms. The first-order chi connectivity index (χ1) is 6.12. The molecule has 0 saturated heterocycles. The molecule has 13 heavy (non-hydrogen) atoms. The molecular formula is C13H22. The van der Waals surface area contributed by atoms with E-state index in [0.717, 1.165) is 5.92 Å². The lowest BCUT2D eigenvalue weighted by Crippen LogP contribution is -2.22. The van der Waals surface area contributed by atoms with Crippen molar-refractivity contribution in [1.82, 2.24) is 0 Å². The molecule has 74 valence electrons. The maximum absolute atomic E-state index is 5.63. The van der Waals surface area contributed by atoms with E-state index in [2.05, 4.69) is 26.7 Å². The van der Waals surface area contributed by atoms with Crippen molar-refractivity contribution in [1.29, 1.82) is 0 Å². The summed E-state index contributed by atoms with van der Waals surface area (Å²) >= 11 is 0. The van der Waals surface area contributed by atoms with Gasteiger partial charge in [-0.3, -0.25) is 0 Å². The van der Waals surface area contributed by atoms with Crippen LogP contribution in [0.25, 0.3) is 0 Å². The minimum absolute atomic E-state index is 0.171. The van der Waals surface area contributed by atoms with Crippen LogP contribution in [0, 0.1) is 29.6 Å². The van der Waals surface area contributed by atoms with Gasteiger partial charge in [0.15, 0.2) is 0 Å². The Hall–Kier alpha value is -0.440. The summed E-state index contributed by atoms with van der Waals surface area (Å²) in [6, 6.07) is 0. The summed E-state index contributed by atoms with van der Waals surface area (Å²) in [5.74, 6) is 4.64. The van der Waals surface area contributed by atoms with Gasteiger partial charge in [-0.2, -0.15) is 0 Å². The molecule has 0 aromatic heterocycles. The topological polar surface area (TPSA) is 0 Å². The zero-order valence-electron chi connectivity index (χ0n) is 9.27. The summed E-state index contributed by atoms with van der Waals surface area (Å²) in [5.41, 5.74) is 0.171. The largest absolute Gasteiger partial charge is 0.120 e. The van der Waals surface area contributed by atoms with Crippen molar-refractivity contribution in [3.63, 3.8) is 0 Å². The summed E-state index contributed by atoms with van der Waals surface area (Å²) in [5, 5.41) is 0. The molecule has 0 aliphatic heterocycles. The minimum Gasteiger partial charge on any atom is -0.120 e.